The Morgan fingerprint density at radius 1 is 1.29 bits per heavy atom. The van der Waals surface area contributed by atoms with E-state index in [4.69, 9.17) is 0 Å². The van der Waals surface area contributed by atoms with Crippen molar-refractivity contribution >= 4 is 5.52 Å². The molecule has 0 saturated heterocycles. The van der Waals surface area contributed by atoms with Gasteiger partial charge in [0.1, 0.15) is 5.82 Å². The van der Waals surface area contributed by atoms with Gasteiger partial charge in [0.15, 0.2) is 0 Å². The van der Waals surface area contributed by atoms with E-state index >= 15 is 0 Å². The van der Waals surface area contributed by atoms with Crippen molar-refractivity contribution in [3.8, 4) is 0 Å². The number of hydrogen-bond donors (Lipinski definition) is 1. The molecular formula is C17H18FN3. The Labute approximate surface area is 123 Å². The average Bonchev–Trinajstić information content (AvgIpc) is 2.92. The molecule has 1 aromatic carbocycles. The van der Waals surface area contributed by atoms with Crippen LogP contribution in [0.15, 0.2) is 48.8 Å². The number of rotatable bonds is 4. The monoisotopic (exact) mass is 283 g/mol. The van der Waals surface area contributed by atoms with Crippen LogP contribution in [0, 0.1) is 12.7 Å². The van der Waals surface area contributed by atoms with Crippen molar-refractivity contribution < 1.29 is 4.39 Å². The molecule has 0 aliphatic heterocycles. The van der Waals surface area contributed by atoms with Crippen molar-refractivity contribution in [2.75, 3.05) is 7.05 Å². The molecule has 3 aromatic rings. The van der Waals surface area contributed by atoms with Gasteiger partial charge in [0.05, 0.1) is 11.7 Å². The fraction of sp³-hybridized carbons (Fsp3) is 0.235. The highest BCUT2D eigenvalue weighted by atomic mass is 19.1. The molecule has 0 fully saturated rings. The molecule has 1 N–H and O–H groups in total. The van der Waals surface area contributed by atoms with Crippen LogP contribution in [0.4, 0.5) is 4.39 Å². The molecule has 0 aliphatic rings. The van der Waals surface area contributed by atoms with Crippen molar-refractivity contribution in [2.45, 2.75) is 19.4 Å². The summed E-state index contributed by atoms with van der Waals surface area (Å²) in [6.07, 6.45) is 4.54. The number of nitrogens with one attached hydrogen (secondary N) is 1. The van der Waals surface area contributed by atoms with Gasteiger partial charge in [-0.1, -0.05) is 12.1 Å². The maximum absolute atomic E-state index is 13.5. The minimum absolute atomic E-state index is 0.102. The lowest BCUT2D eigenvalue weighted by Gasteiger charge is -2.17. The number of aromatic nitrogens is 2. The second kappa shape index (κ2) is 5.66. The first-order valence-electron chi connectivity index (χ1n) is 7.03. The summed E-state index contributed by atoms with van der Waals surface area (Å²) < 4.78 is 15.3. The second-order valence-electron chi connectivity index (χ2n) is 5.25. The van der Waals surface area contributed by atoms with E-state index in [1.807, 2.05) is 55.1 Å². The van der Waals surface area contributed by atoms with Crippen LogP contribution in [0.2, 0.25) is 0 Å². The molecule has 4 heteroatoms. The number of benzene rings is 1. The van der Waals surface area contributed by atoms with E-state index in [0.717, 1.165) is 28.6 Å². The summed E-state index contributed by atoms with van der Waals surface area (Å²) in [4.78, 5) is 0. The minimum atomic E-state index is -0.190. The molecule has 21 heavy (non-hydrogen) atoms. The van der Waals surface area contributed by atoms with Crippen LogP contribution in [-0.2, 0) is 6.42 Å². The molecular weight excluding hydrogens is 265 g/mol. The first-order chi connectivity index (χ1) is 10.2. The van der Waals surface area contributed by atoms with E-state index in [0.29, 0.717) is 0 Å². The molecule has 0 bridgehead atoms. The van der Waals surface area contributed by atoms with Crippen LogP contribution in [0.25, 0.3) is 5.52 Å². The Bertz CT molecular complexity index is 764. The highest BCUT2D eigenvalue weighted by Gasteiger charge is 2.16. The van der Waals surface area contributed by atoms with Gasteiger partial charge in [-0.05, 0) is 55.8 Å². The van der Waals surface area contributed by atoms with Crippen molar-refractivity contribution in [1.82, 2.24) is 14.9 Å². The number of hydrogen-bond acceptors (Lipinski definition) is 2. The van der Waals surface area contributed by atoms with E-state index < -0.39 is 0 Å². The van der Waals surface area contributed by atoms with Gasteiger partial charge in [-0.25, -0.2) is 8.91 Å². The summed E-state index contributed by atoms with van der Waals surface area (Å²) in [5.74, 6) is -0.190. The fourth-order valence-electron chi connectivity index (χ4n) is 2.67. The zero-order valence-corrected chi connectivity index (χ0v) is 12.2. The van der Waals surface area contributed by atoms with Gasteiger partial charge < -0.3 is 5.32 Å². The topological polar surface area (TPSA) is 29.3 Å². The van der Waals surface area contributed by atoms with Gasteiger partial charge in [-0.15, -0.1) is 0 Å². The van der Waals surface area contributed by atoms with E-state index in [1.54, 1.807) is 6.07 Å². The SMILES string of the molecule is CNC(Cc1cc(F)ccc1C)c1cnn2ccccc12. The lowest BCUT2D eigenvalue weighted by atomic mass is 9.97. The van der Waals surface area contributed by atoms with Crippen molar-refractivity contribution in [1.29, 1.82) is 0 Å². The number of likely N-dealkylation sites (N-methyl/N-ethyl adjacent to an activating group) is 1. The first-order valence-corrected chi connectivity index (χ1v) is 7.03. The Morgan fingerprint density at radius 3 is 2.95 bits per heavy atom. The number of aryl methyl sites for hydroxylation is 1. The molecule has 108 valence electrons. The Morgan fingerprint density at radius 2 is 2.14 bits per heavy atom. The number of halogens is 1. The maximum Gasteiger partial charge on any atom is 0.123 e. The highest BCUT2D eigenvalue weighted by molar-refractivity contribution is 5.55. The highest BCUT2D eigenvalue weighted by Crippen LogP contribution is 2.24. The maximum atomic E-state index is 13.5. The van der Waals surface area contributed by atoms with Gasteiger partial charge in [0.2, 0.25) is 0 Å². The molecule has 0 aliphatic carbocycles. The van der Waals surface area contributed by atoms with E-state index in [1.165, 1.54) is 6.07 Å². The minimum Gasteiger partial charge on any atom is -0.313 e. The van der Waals surface area contributed by atoms with Gasteiger partial charge in [-0.2, -0.15) is 5.10 Å². The summed E-state index contributed by atoms with van der Waals surface area (Å²) in [6, 6.07) is 11.0. The zero-order valence-electron chi connectivity index (χ0n) is 12.2. The summed E-state index contributed by atoms with van der Waals surface area (Å²) >= 11 is 0. The Balaban J connectivity index is 1.97. The summed E-state index contributed by atoms with van der Waals surface area (Å²) in [6.45, 7) is 2.01. The number of nitrogens with zero attached hydrogens (tertiary/aromatic N) is 2. The predicted octanol–water partition coefficient (Wildman–Crippen LogP) is 3.29. The predicted molar refractivity (Wildman–Crippen MR) is 81.8 cm³/mol. The molecule has 0 radical (unpaired) electrons. The molecule has 1 unspecified atom stereocenters. The van der Waals surface area contributed by atoms with Crippen molar-refractivity contribution in [3.05, 3.63) is 71.3 Å². The lowest BCUT2D eigenvalue weighted by Crippen LogP contribution is -2.19. The average molecular weight is 283 g/mol. The third-order valence-electron chi connectivity index (χ3n) is 3.92. The van der Waals surface area contributed by atoms with E-state index in [-0.39, 0.29) is 11.9 Å². The van der Waals surface area contributed by atoms with E-state index in [2.05, 4.69) is 10.4 Å². The van der Waals surface area contributed by atoms with Crippen LogP contribution in [0.5, 0.6) is 0 Å². The van der Waals surface area contributed by atoms with Crippen LogP contribution in [0.1, 0.15) is 22.7 Å². The lowest BCUT2D eigenvalue weighted by molar-refractivity contribution is 0.585. The molecule has 2 heterocycles. The second-order valence-corrected chi connectivity index (χ2v) is 5.25. The van der Waals surface area contributed by atoms with Crippen molar-refractivity contribution in [2.24, 2.45) is 0 Å². The number of pyridine rings is 1. The molecule has 2 aromatic heterocycles. The normalized spacial score (nSPS) is 12.7. The summed E-state index contributed by atoms with van der Waals surface area (Å²) in [5.41, 5.74) is 4.32. The third kappa shape index (κ3) is 2.67. The Kier molecular flexibility index (Phi) is 3.71. The molecule has 0 amide bonds. The van der Waals surface area contributed by atoms with Crippen LogP contribution in [0.3, 0.4) is 0 Å². The fourth-order valence-corrected chi connectivity index (χ4v) is 2.67. The summed E-state index contributed by atoms with van der Waals surface area (Å²) in [7, 11) is 1.92. The number of fused-ring (bicyclic) bond motifs is 1. The largest absolute Gasteiger partial charge is 0.313 e. The molecule has 1 atom stereocenters. The quantitative estimate of drug-likeness (QED) is 0.796. The van der Waals surface area contributed by atoms with Crippen molar-refractivity contribution in [3.63, 3.8) is 0 Å². The third-order valence-corrected chi connectivity index (χ3v) is 3.92. The zero-order chi connectivity index (χ0) is 14.8. The molecule has 3 nitrogen and oxygen atoms in total. The standard InChI is InChI=1S/C17H18FN3/c1-12-6-7-14(18)9-13(12)10-16(19-2)15-11-20-21-8-4-3-5-17(15)21/h3-9,11,16,19H,10H2,1-2H3. The molecule has 0 saturated carbocycles. The Hall–Kier alpha value is -2.20. The first kappa shape index (κ1) is 13.8. The van der Waals surface area contributed by atoms with Gasteiger partial charge in [-0.3, -0.25) is 0 Å². The van der Waals surface area contributed by atoms with Crippen LogP contribution >= 0.6 is 0 Å². The molecule has 0 spiro atoms. The van der Waals surface area contributed by atoms with Crippen LogP contribution < -0.4 is 5.32 Å². The smallest absolute Gasteiger partial charge is 0.123 e. The van der Waals surface area contributed by atoms with Gasteiger partial charge in [0.25, 0.3) is 0 Å². The van der Waals surface area contributed by atoms with Crippen LogP contribution in [-0.4, -0.2) is 16.7 Å². The van der Waals surface area contributed by atoms with Gasteiger partial charge >= 0.3 is 0 Å². The molecule has 3 rings (SSSR count). The summed E-state index contributed by atoms with van der Waals surface area (Å²) in [5, 5.41) is 7.69. The van der Waals surface area contributed by atoms with E-state index in [9.17, 15) is 4.39 Å². The van der Waals surface area contributed by atoms with Gasteiger partial charge in [0, 0.05) is 17.8 Å².